The average Bonchev–Trinajstić information content (AvgIpc) is 3.14. The van der Waals surface area contributed by atoms with E-state index in [4.69, 9.17) is 9.47 Å². The molecular weight excluding hydrogens is 364 g/mol. The molecule has 0 spiro atoms. The lowest BCUT2D eigenvalue weighted by Gasteiger charge is -2.19. The normalized spacial score (nSPS) is 17.0. The number of nitrogens with one attached hydrogen (secondary N) is 1. The molecule has 2 aromatic rings. The minimum absolute atomic E-state index is 0.0206. The molecule has 4 rings (SSSR count). The number of fused-ring (bicyclic) bond motifs is 1. The number of carbonyl (C=O) groups excluding carboxylic acids is 2. The van der Waals surface area contributed by atoms with Gasteiger partial charge in [0.25, 0.3) is 5.91 Å². The highest BCUT2D eigenvalue weighted by molar-refractivity contribution is 7.15. The van der Waals surface area contributed by atoms with Crippen LogP contribution in [0.25, 0.3) is 10.4 Å². The molecule has 142 valence electrons. The van der Waals surface area contributed by atoms with Crippen LogP contribution in [0.1, 0.15) is 60.4 Å². The molecule has 1 fully saturated rings. The zero-order valence-electron chi connectivity index (χ0n) is 15.2. The number of rotatable bonds is 4. The Labute approximate surface area is 161 Å². The first-order valence-electron chi connectivity index (χ1n) is 9.40. The minimum Gasteiger partial charge on any atom is -0.482 e. The van der Waals surface area contributed by atoms with Crippen molar-refractivity contribution in [2.45, 2.75) is 44.9 Å². The van der Waals surface area contributed by atoms with Gasteiger partial charge in [0.15, 0.2) is 12.3 Å². The van der Waals surface area contributed by atoms with E-state index in [1.165, 1.54) is 19.3 Å². The first-order chi connectivity index (χ1) is 13.2. The standard InChI is InChI=1S/C20H22N2O4S/c1-2-25-20(24)17-18(27-19(22-17)12-6-4-3-5-7-12)13-8-9-15-14(10-13)21-16(23)11-26-15/h8-10,12H,2-7,11H2,1H3,(H,21,23). The third-order valence-electron chi connectivity index (χ3n) is 4.94. The number of amides is 1. The summed E-state index contributed by atoms with van der Waals surface area (Å²) in [5.74, 6) is 0.459. The maximum Gasteiger partial charge on any atom is 0.358 e. The fourth-order valence-electron chi connectivity index (χ4n) is 3.62. The van der Waals surface area contributed by atoms with Crippen molar-refractivity contribution in [2.24, 2.45) is 0 Å². The van der Waals surface area contributed by atoms with Gasteiger partial charge < -0.3 is 14.8 Å². The Morgan fingerprint density at radius 1 is 1.33 bits per heavy atom. The van der Waals surface area contributed by atoms with Crippen LogP contribution in [0.2, 0.25) is 0 Å². The molecule has 1 N–H and O–H groups in total. The third kappa shape index (κ3) is 3.69. The van der Waals surface area contributed by atoms with E-state index in [-0.39, 0.29) is 12.5 Å². The molecule has 1 aliphatic heterocycles. The second-order valence-corrected chi connectivity index (χ2v) is 7.86. The number of carbonyl (C=O) groups is 2. The van der Waals surface area contributed by atoms with Crippen molar-refractivity contribution in [1.82, 2.24) is 4.98 Å². The molecular formula is C20H22N2O4S. The van der Waals surface area contributed by atoms with Gasteiger partial charge in [-0.2, -0.15) is 0 Å². The van der Waals surface area contributed by atoms with E-state index in [9.17, 15) is 9.59 Å². The van der Waals surface area contributed by atoms with E-state index in [2.05, 4.69) is 10.3 Å². The van der Waals surface area contributed by atoms with Crippen LogP contribution in [0.5, 0.6) is 5.75 Å². The predicted octanol–water partition coefficient (Wildman–Crippen LogP) is 4.37. The Balaban J connectivity index is 1.74. The molecule has 1 aromatic heterocycles. The van der Waals surface area contributed by atoms with Crippen LogP contribution < -0.4 is 10.1 Å². The summed E-state index contributed by atoms with van der Waals surface area (Å²) < 4.78 is 10.7. The fourth-order valence-corrected chi connectivity index (χ4v) is 4.84. The summed E-state index contributed by atoms with van der Waals surface area (Å²) >= 11 is 1.56. The fraction of sp³-hybridized carbons (Fsp3) is 0.450. The van der Waals surface area contributed by atoms with Crippen molar-refractivity contribution in [3.8, 4) is 16.2 Å². The molecule has 0 radical (unpaired) electrons. The second kappa shape index (κ2) is 7.68. The summed E-state index contributed by atoms with van der Waals surface area (Å²) in [5, 5.41) is 3.82. The molecule has 1 aliphatic carbocycles. The zero-order valence-corrected chi connectivity index (χ0v) is 16.1. The van der Waals surface area contributed by atoms with Crippen LogP contribution in [0.3, 0.4) is 0 Å². The van der Waals surface area contributed by atoms with E-state index >= 15 is 0 Å². The van der Waals surface area contributed by atoms with Gasteiger partial charge in [0, 0.05) is 5.92 Å². The van der Waals surface area contributed by atoms with Crippen LogP contribution in [0, 0.1) is 0 Å². The summed E-state index contributed by atoms with van der Waals surface area (Å²) in [4.78, 5) is 29.6. The van der Waals surface area contributed by atoms with Crippen LogP contribution in [-0.2, 0) is 9.53 Å². The Morgan fingerprint density at radius 2 is 2.15 bits per heavy atom. The van der Waals surface area contributed by atoms with Crippen molar-refractivity contribution < 1.29 is 19.1 Å². The predicted molar refractivity (Wildman–Crippen MR) is 103 cm³/mol. The van der Waals surface area contributed by atoms with Gasteiger partial charge in [0.2, 0.25) is 0 Å². The summed E-state index contributed by atoms with van der Waals surface area (Å²) in [5.41, 5.74) is 1.82. The van der Waals surface area contributed by atoms with E-state index in [1.807, 2.05) is 18.2 Å². The number of hydrogen-bond donors (Lipinski definition) is 1. The molecule has 27 heavy (non-hydrogen) atoms. The van der Waals surface area contributed by atoms with Crippen molar-refractivity contribution in [3.63, 3.8) is 0 Å². The lowest BCUT2D eigenvalue weighted by Crippen LogP contribution is -2.25. The third-order valence-corrected chi connectivity index (χ3v) is 6.21. The number of hydrogen-bond acceptors (Lipinski definition) is 6. The monoisotopic (exact) mass is 386 g/mol. The number of benzene rings is 1. The first-order valence-corrected chi connectivity index (χ1v) is 10.2. The molecule has 0 saturated heterocycles. The molecule has 0 atom stereocenters. The number of ether oxygens (including phenoxy) is 2. The summed E-state index contributed by atoms with van der Waals surface area (Å²) in [6.45, 7) is 2.12. The van der Waals surface area contributed by atoms with E-state index in [0.29, 0.717) is 29.7 Å². The Bertz CT molecular complexity index is 871. The van der Waals surface area contributed by atoms with Gasteiger partial charge in [-0.15, -0.1) is 11.3 Å². The SMILES string of the molecule is CCOC(=O)c1nc(C2CCCCC2)sc1-c1ccc2c(c1)NC(=O)CO2. The topological polar surface area (TPSA) is 77.5 Å². The maximum atomic E-state index is 12.5. The Kier molecular flexibility index (Phi) is 5.11. The highest BCUT2D eigenvalue weighted by atomic mass is 32.1. The summed E-state index contributed by atoms with van der Waals surface area (Å²) in [6.07, 6.45) is 5.91. The molecule has 7 heteroatoms. The zero-order chi connectivity index (χ0) is 18.8. The molecule has 1 saturated carbocycles. The van der Waals surface area contributed by atoms with Gasteiger partial charge in [0.1, 0.15) is 5.75 Å². The van der Waals surface area contributed by atoms with E-state index in [1.54, 1.807) is 18.3 Å². The molecule has 1 aromatic carbocycles. The highest BCUT2D eigenvalue weighted by Crippen LogP contribution is 2.41. The van der Waals surface area contributed by atoms with Gasteiger partial charge in [-0.3, -0.25) is 4.79 Å². The lowest BCUT2D eigenvalue weighted by molar-refractivity contribution is -0.118. The van der Waals surface area contributed by atoms with Crippen molar-refractivity contribution in [2.75, 3.05) is 18.5 Å². The van der Waals surface area contributed by atoms with Gasteiger partial charge in [-0.25, -0.2) is 9.78 Å². The van der Waals surface area contributed by atoms with Gasteiger partial charge in [0.05, 0.1) is 22.2 Å². The van der Waals surface area contributed by atoms with Gasteiger partial charge in [-0.1, -0.05) is 19.3 Å². The number of nitrogens with zero attached hydrogens (tertiary/aromatic N) is 1. The lowest BCUT2D eigenvalue weighted by atomic mass is 9.90. The number of esters is 1. The van der Waals surface area contributed by atoms with Crippen molar-refractivity contribution >= 4 is 28.9 Å². The number of aromatic nitrogens is 1. The first kappa shape index (κ1) is 18.0. The molecule has 1 amide bonds. The minimum atomic E-state index is -0.399. The van der Waals surface area contributed by atoms with Crippen LogP contribution in [0.4, 0.5) is 5.69 Å². The highest BCUT2D eigenvalue weighted by Gasteiger charge is 2.26. The number of anilines is 1. The van der Waals surface area contributed by atoms with E-state index < -0.39 is 5.97 Å². The summed E-state index contributed by atoms with van der Waals surface area (Å²) in [6, 6.07) is 5.56. The van der Waals surface area contributed by atoms with Crippen LogP contribution >= 0.6 is 11.3 Å². The molecule has 0 bridgehead atoms. The smallest absolute Gasteiger partial charge is 0.358 e. The molecule has 6 nitrogen and oxygen atoms in total. The number of thiazole rings is 1. The molecule has 2 aliphatic rings. The molecule has 2 heterocycles. The maximum absolute atomic E-state index is 12.5. The quantitative estimate of drug-likeness (QED) is 0.790. The van der Waals surface area contributed by atoms with Gasteiger partial charge in [-0.05, 0) is 43.5 Å². The Morgan fingerprint density at radius 3 is 2.93 bits per heavy atom. The van der Waals surface area contributed by atoms with Crippen molar-refractivity contribution in [1.29, 1.82) is 0 Å². The van der Waals surface area contributed by atoms with Crippen molar-refractivity contribution in [3.05, 3.63) is 28.9 Å². The summed E-state index contributed by atoms with van der Waals surface area (Å²) in [7, 11) is 0. The van der Waals surface area contributed by atoms with Gasteiger partial charge >= 0.3 is 5.97 Å². The van der Waals surface area contributed by atoms with E-state index in [0.717, 1.165) is 28.3 Å². The largest absolute Gasteiger partial charge is 0.482 e. The second-order valence-electron chi connectivity index (χ2n) is 6.83. The average molecular weight is 386 g/mol. The molecule has 0 unspecified atom stereocenters. The van der Waals surface area contributed by atoms with Crippen LogP contribution in [0.15, 0.2) is 18.2 Å². The van der Waals surface area contributed by atoms with Crippen LogP contribution in [-0.4, -0.2) is 30.1 Å². The Hall–Kier alpha value is -2.41.